The van der Waals surface area contributed by atoms with Crippen LogP contribution in [0.3, 0.4) is 0 Å². The van der Waals surface area contributed by atoms with Crippen LogP contribution in [0.1, 0.15) is 18.9 Å². The van der Waals surface area contributed by atoms with E-state index >= 15 is 0 Å². The van der Waals surface area contributed by atoms with E-state index in [0.717, 1.165) is 13.1 Å². The number of rotatable bonds is 3. The first-order valence-corrected chi connectivity index (χ1v) is 6.11. The van der Waals surface area contributed by atoms with E-state index < -0.39 is 12.1 Å². The third-order valence-electron chi connectivity index (χ3n) is 3.01. The Labute approximate surface area is 107 Å². The van der Waals surface area contributed by atoms with Crippen LogP contribution in [0.25, 0.3) is 0 Å². The number of benzene rings is 1. The van der Waals surface area contributed by atoms with Gasteiger partial charge in [0.05, 0.1) is 0 Å². The maximum Gasteiger partial charge on any atom is 0.303 e. The Kier molecular flexibility index (Phi) is 4.10. The summed E-state index contributed by atoms with van der Waals surface area (Å²) in [6.45, 7) is 3.34. The molecule has 0 aromatic heterocycles. The van der Waals surface area contributed by atoms with Gasteiger partial charge in [0.2, 0.25) is 0 Å². The van der Waals surface area contributed by atoms with Crippen molar-refractivity contribution in [2.75, 3.05) is 13.1 Å². The summed E-state index contributed by atoms with van der Waals surface area (Å²) in [6, 6.07) is 10.1. The Morgan fingerprint density at radius 1 is 1.39 bits per heavy atom. The first-order chi connectivity index (χ1) is 8.65. The fourth-order valence-corrected chi connectivity index (χ4v) is 2.15. The zero-order valence-electron chi connectivity index (χ0n) is 10.5. The van der Waals surface area contributed by atoms with Gasteiger partial charge in [-0.1, -0.05) is 30.3 Å². The zero-order chi connectivity index (χ0) is 13.0. The first kappa shape index (κ1) is 12.8. The number of nitrogens with zero attached hydrogens (tertiary/aromatic N) is 1. The summed E-state index contributed by atoms with van der Waals surface area (Å²) < 4.78 is 5.04. The molecule has 0 spiro atoms. The SMILES string of the molecule is CC(=O)OC1CN(Cc2ccccc2)CCC1=O. The van der Waals surface area contributed by atoms with Crippen LogP contribution in [0.4, 0.5) is 0 Å². The van der Waals surface area contributed by atoms with E-state index in [-0.39, 0.29) is 5.78 Å². The lowest BCUT2D eigenvalue weighted by Gasteiger charge is -2.31. The summed E-state index contributed by atoms with van der Waals surface area (Å²) >= 11 is 0. The van der Waals surface area contributed by atoms with Gasteiger partial charge in [0.1, 0.15) is 0 Å². The minimum Gasteiger partial charge on any atom is -0.453 e. The maximum absolute atomic E-state index is 11.6. The van der Waals surface area contributed by atoms with Crippen molar-refractivity contribution in [3.8, 4) is 0 Å². The van der Waals surface area contributed by atoms with E-state index in [1.54, 1.807) is 0 Å². The van der Waals surface area contributed by atoms with Crippen LogP contribution in [0.5, 0.6) is 0 Å². The Hall–Kier alpha value is -1.68. The standard InChI is InChI=1S/C14H17NO3/c1-11(16)18-14-10-15(8-7-13(14)17)9-12-5-3-2-4-6-12/h2-6,14H,7-10H2,1H3. The molecular weight excluding hydrogens is 230 g/mol. The van der Waals surface area contributed by atoms with Crippen molar-refractivity contribution in [2.24, 2.45) is 0 Å². The molecule has 1 saturated heterocycles. The Morgan fingerprint density at radius 3 is 2.78 bits per heavy atom. The number of hydrogen-bond donors (Lipinski definition) is 0. The molecular formula is C14H17NO3. The molecule has 0 N–H and O–H groups in total. The summed E-state index contributed by atoms with van der Waals surface area (Å²) in [6.07, 6.45) is -0.148. The van der Waals surface area contributed by atoms with Crippen molar-refractivity contribution < 1.29 is 14.3 Å². The predicted octanol–water partition coefficient (Wildman–Crippen LogP) is 1.39. The van der Waals surface area contributed by atoms with Gasteiger partial charge in [0.25, 0.3) is 0 Å². The highest BCUT2D eigenvalue weighted by Crippen LogP contribution is 2.13. The molecule has 1 unspecified atom stereocenters. The minimum absolute atomic E-state index is 0.0227. The first-order valence-electron chi connectivity index (χ1n) is 6.11. The van der Waals surface area contributed by atoms with Crippen molar-refractivity contribution in [3.05, 3.63) is 35.9 Å². The van der Waals surface area contributed by atoms with Crippen molar-refractivity contribution in [1.29, 1.82) is 0 Å². The van der Waals surface area contributed by atoms with E-state index in [2.05, 4.69) is 17.0 Å². The smallest absolute Gasteiger partial charge is 0.303 e. The van der Waals surface area contributed by atoms with E-state index in [1.807, 2.05) is 18.2 Å². The van der Waals surface area contributed by atoms with Gasteiger partial charge in [-0.15, -0.1) is 0 Å². The van der Waals surface area contributed by atoms with E-state index in [4.69, 9.17) is 4.74 Å². The largest absolute Gasteiger partial charge is 0.453 e. The molecule has 1 heterocycles. The molecule has 1 aliphatic heterocycles. The molecule has 1 aromatic carbocycles. The molecule has 1 fully saturated rings. The van der Waals surface area contributed by atoms with E-state index in [1.165, 1.54) is 12.5 Å². The Morgan fingerprint density at radius 2 is 2.11 bits per heavy atom. The highest BCUT2D eigenvalue weighted by molar-refractivity contribution is 5.86. The molecule has 1 aliphatic rings. The van der Waals surface area contributed by atoms with Crippen LogP contribution in [0.2, 0.25) is 0 Å². The molecule has 0 radical (unpaired) electrons. The van der Waals surface area contributed by atoms with Gasteiger partial charge in [0.15, 0.2) is 11.9 Å². The van der Waals surface area contributed by atoms with Gasteiger partial charge in [-0.05, 0) is 5.56 Å². The van der Waals surface area contributed by atoms with Crippen molar-refractivity contribution in [2.45, 2.75) is 26.0 Å². The number of carbonyl (C=O) groups excluding carboxylic acids is 2. The number of hydrogen-bond acceptors (Lipinski definition) is 4. The van der Waals surface area contributed by atoms with Crippen LogP contribution in [0.15, 0.2) is 30.3 Å². The minimum atomic E-state index is -0.597. The number of piperidine rings is 1. The Balaban J connectivity index is 1.95. The summed E-state index contributed by atoms with van der Waals surface area (Å²) in [5.41, 5.74) is 1.20. The fourth-order valence-electron chi connectivity index (χ4n) is 2.15. The van der Waals surface area contributed by atoms with Crippen molar-refractivity contribution in [3.63, 3.8) is 0 Å². The normalized spacial score (nSPS) is 20.7. The lowest BCUT2D eigenvalue weighted by Crippen LogP contribution is -2.45. The van der Waals surface area contributed by atoms with Crippen molar-refractivity contribution >= 4 is 11.8 Å². The van der Waals surface area contributed by atoms with Crippen LogP contribution in [-0.2, 0) is 20.9 Å². The molecule has 1 aromatic rings. The lowest BCUT2D eigenvalue weighted by molar-refractivity contribution is -0.156. The summed E-state index contributed by atoms with van der Waals surface area (Å²) in [4.78, 5) is 24.7. The van der Waals surface area contributed by atoms with Gasteiger partial charge in [0, 0.05) is 33.0 Å². The van der Waals surface area contributed by atoms with Gasteiger partial charge < -0.3 is 4.74 Å². The summed E-state index contributed by atoms with van der Waals surface area (Å²) in [5, 5.41) is 0. The molecule has 96 valence electrons. The molecule has 0 bridgehead atoms. The molecule has 18 heavy (non-hydrogen) atoms. The molecule has 4 nitrogen and oxygen atoms in total. The van der Waals surface area contributed by atoms with E-state index in [0.29, 0.717) is 13.0 Å². The number of Topliss-reactive ketones (excluding diaryl/α,β-unsaturated/α-hetero) is 1. The second-order valence-electron chi connectivity index (χ2n) is 4.54. The second kappa shape index (κ2) is 5.78. The summed E-state index contributed by atoms with van der Waals surface area (Å²) in [5.74, 6) is -0.371. The predicted molar refractivity (Wildman–Crippen MR) is 66.9 cm³/mol. The quantitative estimate of drug-likeness (QED) is 0.757. The monoisotopic (exact) mass is 247 g/mol. The topological polar surface area (TPSA) is 46.6 Å². The molecule has 0 amide bonds. The third-order valence-corrected chi connectivity index (χ3v) is 3.01. The highest BCUT2D eigenvalue weighted by Gasteiger charge is 2.29. The lowest BCUT2D eigenvalue weighted by atomic mass is 10.1. The molecule has 0 saturated carbocycles. The van der Waals surface area contributed by atoms with Gasteiger partial charge in [-0.3, -0.25) is 14.5 Å². The molecule has 2 rings (SSSR count). The summed E-state index contributed by atoms with van der Waals surface area (Å²) in [7, 11) is 0. The zero-order valence-corrected chi connectivity index (χ0v) is 10.5. The number of ketones is 1. The van der Waals surface area contributed by atoms with Gasteiger partial charge in [-0.2, -0.15) is 0 Å². The molecule has 1 atom stereocenters. The number of carbonyl (C=O) groups is 2. The van der Waals surface area contributed by atoms with Crippen LogP contribution < -0.4 is 0 Å². The Bertz CT molecular complexity index is 430. The van der Waals surface area contributed by atoms with Gasteiger partial charge >= 0.3 is 5.97 Å². The van der Waals surface area contributed by atoms with Crippen LogP contribution in [0, 0.1) is 0 Å². The average Bonchev–Trinajstić information content (AvgIpc) is 2.34. The average molecular weight is 247 g/mol. The van der Waals surface area contributed by atoms with E-state index in [9.17, 15) is 9.59 Å². The highest BCUT2D eigenvalue weighted by atomic mass is 16.5. The maximum atomic E-state index is 11.6. The molecule has 0 aliphatic carbocycles. The van der Waals surface area contributed by atoms with Crippen LogP contribution in [-0.4, -0.2) is 35.8 Å². The number of ether oxygens (including phenoxy) is 1. The molecule has 4 heteroatoms. The van der Waals surface area contributed by atoms with Gasteiger partial charge in [-0.25, -0.2) is 0 Å². The number of esters is 1. The fraction of sp³-hybridized carbons (Fsp3) is 0.429. The second-order valence-corrected chi connectivity index (χ2v) is 4.54. The number of likely N-dealkylation sites (tertiary alicyclic amines) is 1. The van der Waals surface area contributed by atoms with Crippen LogP contribution >= 0.6 is 0 Å². The third kappa shape index (κ3) is 3.40. The van der Waals surface area contributed by atoms with Crippen molar-refractivity contribution in [1.82, 2.24) is 4.90 Å².